The van der Waals surface area contributed by atoms with Crippen molar-refractivity contribution in [1.82, 2.24) is 9.99 Å². The molecule has 4 rings (SSSR count). The van der Waals surface area contributed by atoms with Gasteiger partial charge in [-0.2, -0.15) is 5.10 Å². The van der Waals surface area contributed by atoms with Crippen molar-refractivity contribution in [3.8, 4) is 5.69 Å². The van der Waals surface area contributed by atoms with Gasteiger partial charge >= 0.3 is 0 Å². The van der Waals surface area contributed by atoms with Crippen LogP contribution < -0.4 is 9.73 Å². The molecule has 10 heteroatoms. The number of hydrazone groups is 1. The van der Waals surface area contributed by atoms with Crippen molar-refractivity contribution in [2.24, 2.45) is 5.10 Å². The third kappa shape index (κ3) is 6.41. The standard InChI is InChI=1S/C30H30Cl2N4O3S/c1-19-9-14-26(15-20(19)2)35(40(5,38)39)18-23-10-12-24(13-11-23)30(37)34-33-17-25-16-21(3)36(22(25)4)28-8-6-7-27(31)29(28)32/h6-17H,18H2,1-5H3,(H,34,37)/b33-17-. The highest BCUT2D eigenvalue weighted by atomic mass is 35.5. The summed E-state index contributed by atoms with van der Waals surface area (Å²) in [6.45, 7) is 7.96. The van der Waals surface area contributed by atoms with Crippen molar-refractivity contribution in [3.05, 3.63) is 116 Å². The number of carbonyl (C=O) groups excluding carboxylic acids is 1. The highest BCUT2D eigenvalue weighted by Crippen LogP contribution is 2.31. The summed E-state index contributed by atoms with van der Waals surface area (Å²) in [6, 6.07) is 19.7. The van der Waals surface area contributed by atoms with E-state index in [9.17, 15) is 13.2 Å². The van der Waals surface area contributed by atoms with Crippen LogP contribution in [-0.4, -0.2) is 31.4 Å². The van der Waals surface area contributed by atoms with E-state index in [1.165, 1.54) is 10.6 Å². The largest absolute Gasteiger partial charge is 0.316 e. The zero-order valence-corrected chi connectivity index (χ0v) is 25.2. The van der Waals surface area contributed by atoms with Crippen LogP contribution in [0.15, 0.2) is 71.8 Å². The van der Waals surface area contributed by atoms with Crippen LogP contribution >= 0.6 is 23.2 Å². The molecule has 40 heavy (non-hydrogen) atoms. The van der Waals surface area contributed by atoms with Gasteiger partial charge in [0.1, 0.15) is 0 Å². The van der Waals surface area contributed by atoms with Gasteiger partial charge in [-0.3, -0.25) is 9.10 Å². The first-order valence-electron chi connectivity index (χ1n) is 12.5. The van der Waals surface area contributed by atoms with Crippen molar-refractivity contribution in [2.75, 3.05) is 10.6 Å². The quantitative estimate of drug-likeness (QED) is 0.180. The number of aryl methyl sites for hydroxylation is 3. The van der Waals surface area contributed by atoms with E-state index in [-0.39, 0.29) is 12.5 Å². The van der Waals surface area contributed by atoms with Crippen molar-refractivity contribution < 1.29 is 13.2 Å². The number of hydrogen-bond donors (Lipinski definition) is 1. The number of benzene rings is 3. The van der Waals surface area contributed by atoms with Gasteiger partial charge in [-0.25, -0.2) is 13.8 Å². The molecule has 0 aliphatic heterocycles. The van der Waals surface area contributed by atoms with Gasteiger partial charge < -0.3 is 4.57 Å². The molecule has 0 aliphatic rings. The predicted octanol–water partition coefficient (Wildman–Crippen LogP) is 6.75. The van der Waals surface area contributed by atoms with Gasteiger partial charge in [0.15, 0.2) is 0 Å². The van der Waals surface area contributed by atoms with Crippen LogP contribution in [0.25, 0.3) is 5.69 Å². The Bertz CT molecular complexity index is 1710. The van der Waals surface area contributed by atoms with Crippen LogP contribution in [0, 0.1) is 27.7 Å². The zero-order chi connectivity index (χ0) is 29.2. The average molecular weight is 598 g/mol. The molecule has 0 bridgehead atoms. The third-order valence-electron chi connectivity index (χ3n) is 6.73. The molecule has 4 aromatic rings. The number of aromatic nitrogens is 1. The summed E-state index contributed by atoms with van der Waals surface area (Å²) in [5.41, 5.74) is 9.80. The molecule has 1 N–H and O–H groups in total. The summed E-state index contributed by atoms with van der Waals surface area (Å²) in [4.78, 5) is 12.7. The maximum atomic E-state index is 12.7. The van der Waals surface area contributed by atoms with Gasteiger partial charge in [0.2, 0.25) is 10.0 Å². The Morgan fingerprint density at radius 2 is 1.68 bits per heavy atom. The summed E-state index contributed by atoms with van der Waals surface area (Å²) >= 11 is 12.6. The van der Waals surface area contributed by atoms with Gasteiger partial charge in [0.25, 0.3) is 5.91 Å². The minimum absolute atomic E-state index is 0.146. The molecule has 3 aromatic carbocycles. The van der Waals surface area contributed by atoms with Crippen molar-refractivity contribution in [2.45, 2.75) is 34.2 Å². The molecule has 1 heterocycles. The van der Waals surface area contributed by atoms with Crippen LogP contribution in [0.1, 0.15) is 44.0 Å². The summed E-state index contributed by atoms with van der Waals surface area (Å²) in [5.74, 6) is -0.386. The fourth-order valence-electron chi connectivity index (χ4n) is 4.39. The Kier molecular flexibility index (Phi) is 8.73. The first-order chi connectivity index (χ1) is 18.9. The lowest BCUT2D eigenvalue weighted by Gasteiger charge is -2.23. The average Bonchev–Trinajstić information content (AvgIpc) is 3.18. The van der Waals surface area contributed by atoms with Crippen molar-refractivity contribution >= 4 is 51.0 Å². The van der Waals surface area contributed by atoms with Crippen molar-refractivity contribution in [1.29, 1.82) is 0 Å². The molecule has 7 nitrogen and oxygen atoms in total. The van der Waals surface area contributed by atoms with Crippen LogP contribution in [-0.2, 0) is 16.6 Å². The molecule has 1 aromatic heterocycles. The van der Waals surface area contributed by atoms with Gasteiger partial charge in [-0.1, -0.05) is 47.5 Å². The second-order valence-electron chi connectivity index (χ2n) is 9.67. The number of hydrogen-bond acceptors (Lipinski definition) is 4. The highest BCUT2D eigenvalue weighted by Gasteiger charge is 2.19. The molecule has 0 spiro atoms. The van der Waals surface area contributed by atoms with E-state index >= 15 is 0 Å². The molecule has 0 radical (unpaired) electrons. The lowest BCUT2D eigenvalue weighted by atomic mass is 10.1. The van der Waals surface area contributed by atoms with Crippen LogP contribution in [0.3, 0.4) is 0 Å². The number of carbonyl (C=O) groups is 1. The van der Waals surface area contributed by atoms with Crippen LogP contribution in [0.4, 0.5) is 5.69 Å². The summed E-state index contributed by atoms with van der Waals surface area (Å²) in [6.07, 6.45) is 2.76. The fraction of sp³-hybridized carbons (Fsp3) is 0.200. The summed E-state index contributed by atoms with van der Waals surface area (Å²) in [5, 5.41) is 5.07. The molecular formula is C30H30Cl2N4O3S. The van der Waals surface area contributed by atoms with E-state index in [0.29, 0.717) is 21.3 Å². The number of nitrogens with zero attached hydrogens (tertiary/aromatic N) is 3. The Hall–Kier alpha value is -3.59. The Morgan fingerprint density at radius 3 is 2.33 bits per heavy atom. The fourth-order valence-corrected chi connectivity index (χ4v) is 5.65. The Morgan fingerprint density at radius 1 is 0.975 bits per heavy atom. The lowest BCUT2D eigenvalue weighted by molar-refractivity contribution is 0.0955. The molecule has 0 aliphatic carbocycles. The number of sulfonamides is 1. The van der Waals surface area contributed by atoms with Crippen molar-refractivity contribution in [3.63, 3.8) is 0 Å². The predicted molar refractivity (Wildman–Crippen MR) is 164 cm³/mol. The monoisotopic (exact) mass is 596 g/mol. The molecular weight excluding hydrogens is 567 g/mol. The molecule has 0 saturated heterocycles. The van der Waals surface area contributed by atoms with Gasteiger partial charge in [-0.05, 0) is 86.8 Å². The SMILES string of the molecule is Cc1ccc(N(Cc2ccc(C(=O)N/N=C\c3cc(C)n(-c4cccc(Cl)c4Cl)c3C)cc2)S(C)(=O)=O)cc1C. The maximum Gasteiger partial charge on any atom is 0.271 e. The minimum atomic E-state index is -3.52. The summed E-state index contributed by atoms with van der Waals surface area (Å²) < 4.78 is 28.4. The van der Waals surface area contributed by atoms with E-state index < -0.39 is 10.0 Å². The molecule has 0 saturated carbocycles. The zero-order valence-electron chi connectivity index (χ0n) is 22.9. The van der Waals surface area contributed by atoms with E-state index in [1.807, 2.05) is 62.6 Å². The number of rotatable bonds is 8. The molecule has 0 unspecified atom stereocenters. The number of halogens is 2. The lowest BCUT2D eigenvalue weighted by Crippen LogP contribution is -2.29. The van der Waals surface area contributed by atoms with E-state index in [1.54, 1.807) is 42.6 Å². The second kappa shape index (κ2) is 11.9. The Balaban J connectivity index is 1.46. The number of anilines is 1. The molecule has 208 valence electrons. The normalized spacial score (nSPS) is 11.7. The van der Waals surface area contributed by atoms with Gasteiger partial charge in [0.05, 0.1) is 40.4 Å². The number of amides is 1. The molecule has 0 atom stereocenters. The topological polar surface area (TPSA) is 83.8 Å². The van der Waals surface area contributed by atoms with E-state index in [2.05, 4.69) is 10.5 Å². The van der Waals surface area contributed by atoms with Gasteiger partial charge in [0, 0.05) is 22.5 Å². The Labute approximate surface area is 245 Å². The first kappa shape index (κ1) is 29.4. The first-order valence-corrected chi connectivity index (χ1v) is 15.1. The highest BCUT2D eigenvalue weighted by molar-refractivity contribution is 7.92. The number of nitrogens with one attached hydrogen (secondary N) is 1. The van der Waals surface area contributed by atoms with Gasteiger partial charge in [-0.15, -0.1) is 0 Å². The van der Waals surface area contributed by atoms with Crippen LogP contribution in [0.5, 0.6) is 0 Å². The van der Waals surface area contributed by atoms with E-state index in [4.69, 9.17) is 23.2 Å². The second-order valence-corrected chi connectivity index (χ2v) is 12.4. The van der Waals surface area contributed by atoms with E-state index in [0.717, 1.165) is 39.3 Å². The van der Waals surface area contributed by atoms with Crippen LogP contribution in [0.2, 0.25) is 10.0 Å². The molecule has 1 amide bonds. The smallest absolute Gasteiger partial charge is 0.271 e. The summed E-state index contributed by atoms with van der Waals surface area (Å²) in [7, 11) is -3.52. The maximum absolute atomic E-state index is 12.7. The third-order valence-corrected chi connectivity index (χ3v) is 8.68. The molecule has 0 fully saturated rings. The minimum Gasteiger partial charge on any atom is -0.316 e.